The van der Waals surface area contributed by atoms with Crippen LogP contribution in [0.1, 0.15) is 11.1 Å². The second-order valence-corrected chi connectivity index (χ2v) is 4.83. The third kappa shape index (κ3) is 2.46. The molecule has 0 fully saturated rings. The minimum Gasteiger partial charge on any atom is -0.428 e. The molecule has 0 unspecified atom stereocenters. The van der Waals surface area contributed by atoms with E-state index in [9.17, 15) is 4.39 Å². The summed E-state index contributed by atoms with van der Waals surface area (Å²) in [6.07, 6.45) is 0. The first-order valence-electron chi connectivity index (χ1n) is 4.60. The first kappa shape index (κ1) is 12.0. The topological polar surface area (TPSA) is 45.9 Å². The van der Waals surface area contributed by atoms with Gasteiger partial charge in [0.15, 0.2) is 11.6 Å². The van der Waals surface area contributed by atoms with Gasteiger partial charge in [-0.15, -0.1) is 0 Å². The van der Waals surface area contributed by atoms with E-state index in [-0.39, 0.29) is 11.3 Å². The average molecular weight is 313 g/mol. The fraction of sp³-hybridized carbons (Fsp3) is 0.0909. The predicted molar refractivity (Wildman–Crippen MR) is 65.7 cm³/mol. The monoisotopic (exact) mass is 312 g/mol. The quantitative estimate of drug-likeness (QED) is 0.841. The van der Waals surface area contributed by atoms with Crippen LogP contribution in [0.3, 0.4) is 0 Å². The Morgan fingerprint density at radius 2 is 2.29 bits per heavy atom. The molecule has 0 saturated heterocycles. The van der Waals surface area contributed by atoms with E-state index < -0.39 is 5.82 Å². The second kappa shape index (κ2) is 4.82. The van der Waals surface area contributed by atoms with Gasteiger partial charge >= 0.3 is 0 Å². The van der Waals surface area contributed by atoms with Gasteiger partial charge in [0.05, 0.1) is 11.6 Å². The first-order valence-corrected chi connectivity index (χ1v) is 6.27. The summed E-state index contributed by atoms with van der Waals surface area (Å²) in [7, 11) is 0. The van der Waals surface area contributed by atoms with Crippen LogP contribution >= 0.6 is 27.3 Å². The average Bonchev–Trinajstić information content (AvgIpc) is 2.71. The van der Waals surface area contributed by atoms with Crippen molar-refractivity contribution >= 4 is 27.3 Å². The molecule has 0 N–H and O–H groups in total. The number of nitrogens with zero attached hydrogens (tertiary/aromatic N) is 2. The zero-order valence-electron chi connectivity index (χ0n) is 8.70. The highest BCUT2D eigenvalue weighted by atomic mass is 79.9. The Hall–Kier alpha value is -1.45. The van der Waals surface area contributed by atoms with Gasteiger partial charge in [0.25, 0.3) is 5.19 Å². The summed E-state index contributed by atoms with van der Waals surface area (Å²) in [4.78, 5) is 4.00. The fourth-order valence-electron chi connectivity index (χ4n) is 1.24. The van der Waals surface area contributed by atoms with Crippen LogP contribution in [-0.4, -0.2) is 4.98 Å². The highest BCUT2D eigenvalue weighted by molar-refractivity contribution is 9.10. The van der Waals surface area contributed by atoms with E-state index >= 15 is 0 Å². The highest BCUT2D eigenvalue weighted by Gasteiger charge is 2.12. The number of hydrogen-bond donors (Lipinski definition) is 0. The summed E-state index contributed by atoms with van der Waals surface area (Å²) in [6, 6.07) is 4.87. The molecule has 0 atom stereocenters. The maximum absolute atomic E-state index is 13.8. The van der Waals surface area contributed by atoms with Gasteiger partial charge in [0.2, 0.25) is 0 Å². The predicted octanol–water partition coefficient (Wildman–Crippen LogP) is 4.02. The number of hydrogen-bond acceptors (Lipinski definition) is 4. The van der Waals surface area contributed by atoms with Gasteiger partial charge in [-0.1, -0.05) is 11.3 Å². The van der Waals surface area contributed by atoms with Crippen molar-refractivity contribution in [2.75, 3.05) is 0 Å². The maximum Gasteiger partial charge on any atom is 0.279 e. The molecule has 17 heavy (non-hydrogen) atoms. The molecule has 86 valence electrons. The molecule has 2 aromatic rings. The zero-order chi connectivity index (χ0) is 12.4. The van der Waals surface area contributed by atoms with Crippen molar-refractivity contribution in [2.24, 2.45) is 0 Å². The van der Waals surface area contributed by atoms with Crippen LogP contribution < -0.4 is 4.74 Å². The van der Waals surface area contributed by atoms with Gasteiger partial charge in [-0.3, -0.25) is 0 Å². The number of halogens is 2. The summed E-state index contributed by atoms with van der Waals surface area (Å²) < 4.78 is 19.8. The van der Waals surface area contributed by atoms with Gasteiger partial charge in [0, 0.05) is 10.9 Å². The molecule has 2 rings (SSSR count). The van der Waals surface area contributed by atoms with Crippen molar-refractivity contribution in [3.63, 3.8) is 0 Å². The molecule has 0 bridgehead atoms. The van der Waals surface area contributed by atoms with Crippen molar-refractivity contribution < 1.29 is 9.13 Å². The van der Waals surface area contributed by atoms with E-state index in [1.807, 2.05) is 6.07 Å². The van der Waals surface area contributed by atoms with Crippen LogP contribution in [-0.2, 0) is 0 Å². The van der Waals surface area contributed by atoms with E-state index in [2.05, 4.69) is 20.9 Å². The van der Waals surface area contributed by atoms with E-state index in [4.69, 9.17) is 10.00 Å². The molecule has 0 aliphatic rings. The molecule has 0 spiro atoms. The van der Waals surface area contributed by atoms with E-state index in [1.165, 1.54) is 23.5 Å². The van der Waals surface area contributed by atoms with Crippen LogP contribution in [0, 0.1) is 24.1 Å². The van der Waals surface area contributed by atoms with Crippen LogP contribution in [0.5, 0.6) is 10.9 Å². The largest absolute Gasteiger partial charge is 0.428 e. The summed E-state index contributed by atoms with van der Waals surface area (Å²) >= 11 is 4.44. The maximum atomic E-state index is 13.8. The van der Waals surface area contributed by atoms with Crippen molar-refractivity contribution in [1.29, 1.82) is 5.26 Å². The van der Waals surface area contributed by atoms with Crippen molar-refractivity contribution in [1.82, 2.24) is 4.98 Å². The number of thiazole rings is 1. The molecular formula is C11H6BrFN2OS. The van der Waals surface area contributed by atoms with Crippen LogP contribution in [0.2, 0.25) is 0 Å². The number of rotatable bonds is 2. The van der Waals surface area contributed by atoms with Crippen LogP contribution in [0.15, 0.2) is 22.1 Å². The van der Waals surface area contributed by atoms with Gasteiger partial charge in [-0.2, -0.15) is 10.2 Å². The molecule has 0 aliphatic heterocycles. The summed E-state index contributed by atoms with van der Waals surface area (Å²) in [5.74, 6) is -0.460. The van der Waals surface area contributed by atoms with E-state index in [0.29, 0.717) is 15.4 Å². The number of benzene rings is 1. The summed E-state index contributed by atoms with van der Waals surface area (Å²) in [5, 5.41) is 10.8. The van der Waals surface area contributed by atoms with Crippen LogP contribution in [0.25, 0.3) is 0 Å². The Morgan fingerprint density at radius 1 is 1.53 bits per heavy atom. The Bertz CT molecular complexity index is 606. The third-order valence-electron chi connectivity index (χ3n) is 2.12. The zero-order valence-corrected chi connectivity index (χ0v) is 11.1. The molecule has 1 aromatic heterocycles. The molecule has 1 aromatic carbocycles. The lowest BCUT2D eigenvalue weighted by molar-refractivity contribution is 0.437. The third-order valence-corrected chi connectivity index (χ3v) is 3.55. The SMILES string of the molecule is Cc1c(C#N)ccc(Oc2nc(Br)cs2)c1F. The van der Waals surface area contributed by atoms with Crippen molar-refractivity contribution in [2.45, 2.75) is 6.92 Å². The molecule has 0 aliphatic carbocycles. The lowest BCUT2D eigenvalue weighted by Gasteiger charge is -2.06. The van der Waals surface area contributed by atoms with Gasteiger partial charge in [0.1, 0.15) is 4.60 Å². The minimum absolute atomic E-state index is 0.0725. The standard InChI is InChI=1S/C11H6BrFN2OS/c1-6-7(4-14)2-3-8(10(6)13)16-11-15-9(12)5-17-11/h2-3,5H,1H3. The number of ether oxygens (including phenoxy) is 1. The summed E-state index contributed by atoms with van der Waals surface area (Å²) in [5.41, 5.74) is 0.579. The number of aromatic nitrogens is 1. The lowest BCUT2D eigenvalue weighted by Crippen LogP contribution is -1.93. The Kier molecular flexibility index (Phi) is 3.41. The Balaban J connectivity index is 2.35. The second-order valence-electron chi connectivity index (χ2n) is 3.20. The van der Waals surface area contributed by atoms with Crippen LogP contribution in [0.4, 0.5) is 4.39 Å². The Morgan fingerprint density at radius 3 is 2.88 bits per heavy atom. The molecule has 1 heterocycles. The van der Waals surface area contributed by atoms with Crippen molar-refractivity contribution in [3.05, 3.63) is 39.1 Å². The number of nitriles is 1. The first-order chi connectivity index (χ1) is 8.11. The van der Waals surface area contributed by atoms with E-state index in [1.54, 1.807) is 12.3 Å². The molecule has 0 amide bonds. The normalized spacial score (nSPS) is 10.0. The van der Waals surface area contributed by atoms with Crippen molar-refractivity contribution in [3.8, 4) is 17.0 Å². The Labute approximate surface area is 110 Å². The lowest BCUT2D eigenvalue weighted by atomic mass is 10.1. The fourth-order valence-corrected chi connectivity index (χ4v) is 2.34. The summed E-state index contributed by atoms with van der Waals surface area (Å²) in [6.45, 7) is 1.54. The van der Waals surface area contributed by atoms with Gasteiger partial charge in [-0.25, -0.2) is 4.39 Å². The molecular weight excluding hydrogens is 307 g/mol. The smallest absolute Gasteiger partial charge is 0.279 e. The molecule has 6 heteroatoms. The van der Waals surface area contributed by atoms with Gasteiger partial charge in [-0.05, 0) is 35.0 Å². The molecule has 0 saturated carbocycles. The minimum atomic E-state index is -0.532. The van der Waals surface area contributed by atoms with Gasteiger partial charge < -0.3 is 4.74 Å². The van der Waals surface area contributed by atoms with E-state index in [0.717, 1.165) is 0 Å². The molecule has 3 nitrogen and oxygen atoms in total. The molecule has 0 radical (unpaired) electrons. The highest BCUT2D eigenvalue weighted by Crippen LogP contribution is 2.30.